The molecule has 1 atom stereocenters. The van der Waals surface area contributed by atoms with Crippen LogP contribution in [-0.2, 0) is 17.6 Å². The zero-order chi connectivity index (χ0) is 11.0. The van der Waals surface area contributed by atoms with Gasteiger partial charge in [-0.3, -0.25) is 4.79 Å². The van der Waals surface area contributed by atoms with Crippen molar-refractivity contribution in [3.63, 3.8) is 0 Å². The van der Waals surface area contributed by atoms with E-state index < -0.39 is 5.97 Å². The van der Waals surface area contributed by atoms with Crippen LogP contribution in [0.2, 0.25) is 5.15 Å². The van der Waals surface area contributed by atoms with Gasteiger partial charge in [-0.25, -0.2) is 4.98 Å². The molecule has 4 nitrogen and oxygen atoms in total. The summed E-state index contributed by atoms with van der Waals surface area (Å²) in [7, 11) is 0. The van der Waals surface area contributed by atoms with Gasteiger partial charge in [0.1, 0.15) is 12.2 Å². The lowest BCUT2D eigenvalue weighted by Gasteiger charge is -2.23. The van der Waals surface area contributed by atoms with Crippen LogP contribution in [-0.4, -0.2) is 20.6 Å². The van der Waals surface area contributed by atoms with E-state index in [1.54, 1.807) is 0 Å². The molecule has 1 unspecified atom stereocenters. The van der Waals surface area contributed by atoms with Crippen molar-refractivity contribution in [2.24, 2.45) is 0 Å². The molecule has 0 radical (unpaired) electrons. The Labute approximate surface area is 92.9 Å². The second kappa shape index (κ2) is 3.85. The van der Waals surface area contributed by atoms with E-state index in [0.717, 1.165) is 25.0 Å². The van der Waals surface area contributed by atoms with E-state index in [2.05, 4.69) is 11.9 Å². The van der Waals surface area contributed by atoms with Crippen molar-refractivity contribution in [2.75, 3.05) is 0 Å². The normalized spacial score (nSPS) is 20.0. The first-order chi connectivity index (χ1) is 7.09. The molecule has 1 N–H and O–H groups in total. The van der Waals surface area contributed by atoms with Crippen molar-refractivity contribution >= 4 is 17.6 Å². The zero-order valence-corrected chi connectivity index (χ0v) is 9.29. The van der Waals surface area contributed by atoms with E-state index in [-0.39, 0.29) is 6.42 Å². The topological polar surface area (TPSA) is 55.1 Å². The summed E-state index contributed by atoms with van der Waals surface area (Å²) in [5, 5.41) is 9.24. The van der Waals surface area contributed by atoms with E-state index in [0.29, 0.717) is 17.0 Å². The SMILES string of the molecule is CC1CCCc2c(Cl)nc(CC(=O)O)n21. The summed E-state index contributed by atoms with van der Waals surface area (Å²) >= 11 is 5.99. The van der Waals surface area contributed by atoms with E-state index >= 15 is 0 Å². The molecule has 0 aliphatic carbocycles. The standard InChI is InChI=1S/C10H13ClN2O2/c1-6-3-2-4-7-10(11)12-8(13(6)7)5-9(14)15/h6H,2-5H2,1H3,(H,14,15). The van der Waals surface area contributed by atoms with Crippen molar-refractivity contribution in [2.45, 2.75) is 38.6 Å². The van der Waals surface area contributed by atoms with Crippen molar-refractivity contribution in [3.8, 4) is 0 Å². The highest BCUT2D eigenvalue weighted by Gasteiger charge is 2.24. The fraction of sp³-hybridized carbons (Fsp3) is 0.600. The van der Waals surface area contributed by atoms with Gasteiger partial charge >= 0.3 is 5.97 Å². The third-order valence-electron chi connectivity index (χ3n) is 2.82. The number of hydrogen-bond acceptors (Lipinski definition) is 2. The molecule has 1 aliphatic heterocycles. The van der Waals surface area contributed by atoms with Gasteiger partial charge in [0.05, 0.1) is 5.69 Å². The number of hydrogen-bond donors (Lipinski definition) is 1. The maximum atomic E-state index is 10.7. The van der Waals surface area contributed by atoms with Crippen LogP contribution >= 0.6 is 11.6 Å². The molecule has 2 heterocycles. The Morgan fingerprint density at radius 1 is 1.73 bits per heavy atom. The minimum atomic E-state index is -0.864. The van der Waals surface area contributed by atoms with Crippen molar-refractivity contribution in [1.82, 2.24) is 9.55 Å². The van der Waals surface area contributed by atoms with Gasteiger partial charge in [-0.2, -0.15) is 0 Å². The number of nitrogens with zero attached hydrogens (tertiary/aromatic N) is 2. The molecule has 0 bridgehead atoms. The van der Waals surface area contributed by atoms with Gasteiger partial charge in [-0.1, -0.05) is 11.6 Å². The third kappa shape index (κ3) is 1.86. The summed E-state index contributed by atoms with van der Waals surface area (Å²) in [4.78, 5) is 14.8. The van der Waals surface area contributed by atoms with E-state index in [1.807, 2.05) is 4.57 Å². The zero-order valence-electron chi connectivity index (χ0n) is 8.53. The minimum absolute atomic E-state index is 0.0515. The quantitative estimate of drug-likeness (QED) is 0.843. The summed E-state index contributed by atoms with van der Waals surface area (Å²) in [6.07, 6.45) is 3.01. The van der Waals surface area contributed by atoms with E-state index in [4.69, 9.17) is 16.7 Å². The van der Waals surface area contributed by atoms with Crippen LogP contribution in [0.15, 0.2) is 0 Å². The molecule has 1 aromatic rings. The molecule has 0 fully saturated rings. The second-order valence-electron chi connectivity index (χ2n) is 3.95. The van der Waals surface area contributed by atoms with Crippen LogP contribution in [0.1, 0.15) is 37.3 Å². The molecular weight excluding hydrogens is 216 g/mol. The van der Waals surface area contributed by atoms with Gasteiger partial charge in [-0.15, -0.1) is 0 Å². The molecule has 82 valence electrons. The minimum Gasteiger partial charge on any atom is -0.481 e. The Morgan fingerprint density at radius 2 is 2.47 bits per heavy atom. The average molecular weight is 229 g/mol. The number of carboxylic acids is 1. The number of halogens is 1. The third-order valence-corrected chi connectivity index (χ3v) is 3.12. The Balaban J connectivity index is 2.43. The summed E-state index contributed by atoms with van der Waals surface area (Å²) in [5.41, 5.74) is 0.992. The van der Waals surface area contributed by atoms with Crippen molar-refractivity contribution in [1.29, 1.82) is 0 Å². The van der Waals surface area contributed by atoms with Crippen molar-refractivity contribution in [3.05, 3.63) is 16.7 Å². The maximum Gasteiger partial charge on any atom is 0.311 e. The van der Waals surface area contributed by atoms with E-state index in [9.17, 15) is 4.79 Å². The summed E-state index contributed by atoms with van der Waals surface area (Å²) in [5.74, 6) is -0.285. The van der Waals surface area contributed by atoms with Gasteiger partial charge in [0.25, 0.3) is 0 Å². The highest BCUT2D eigenvalue weighted by molar-refractivity contribution is 6.30. The summed E-state index contributed by atoms with van der Waals surface area (Å²) in [6.45, 7) is 2.08. The number of carbonyl (C=O) groups is 1. The van der Waals surface area contributed by atoms with Crippen LogP contribution in [0.4, 0.5) is 0 Å². The van der Waals surface area contributed by atoms with E-state index in [1.165, 1.54) is 0 Å². The van der Waals surface area contributed by atoms with Gasteiger partial charge in [-0.05, 0) is 26.2 Å². The van der Waals surface area contributed by atoms with Crippen LogP contribution < -0.4 is 0 Å². The Morgan fingerprint density at radius 3 is 3.13 bits per heavy atom. The first-order valence-corrected chi connectivity index (χ1v) is 5.44. The van der Waals surface area contributed by atoms with Crippen LogP contribution in [0.3, 0.4) is 0 Å². The Bertz CT molecular complexity index is 400. The second-order valence-corrected chi connectivity index (χ2v) is 4.31. The molecule has 15 heavy (non-hydrogen) atoms. The fourth-order valence-electron chi connectivity index (χ4n) is 2.18. The predicted molar refractivity (Wildman–Crippen MR) is 56.2 cm³/mol. The van der Waals surface area contributed by atoms with Crippen LogP contribution in [0.5, 0.6) is 0 Å². The molecular formula is C10H13ClN2O2. The first-order valence-electron chi connectivity index (χ1n) is 5.07. The molecule has 0 saturated carbocycles. The summed E-state index contributed by atoms with van der Waals surface area (Å²) < 4.78 is 1.99. The number of fused-ring (bicyclic) bond motifs is 1. The molecule has 1 aliphatic rings. The average Bonchev–Trinajstić information content (AvgIpc) is 2.44. The predicted octanol–water partition coefficient (Wildman–Crippen LogP) is 2.06. The number of imidazole rings is 1. The largest absolute Gasteiger partial charge is 0.481 e. The highest BCUT2D eigenvalue weighted by atomic mass is 35.5. The lowest BCUT2D eigenvalue weighted by Crippen LogP contribution is -2.19. The van der Waals surface area contributed by atoms with Crippen molar-refractivity contribution < 1.29 is 9.90 Å². The molecule has 5 heteroatoms. The Kier molecular flexibility index (Phi) is 2.69. The number of carboxylic acid groups (broad SMARTS) is 1. The highest BCUT2D eigenvalue weighted by Crippen LogP contribution is 2.30. The molecule has 0 saturated heterocycles. The molecule has 0 aromatic carbocycles. The molecule has 2 rings (SSSR count). The molecule has 0 amide bonds. The maximum absolute atomic E-state index is 10.7. The number of aromatic nitrogens is 2. The number of aliphatic carboxylic acids is 1. The first kappa shape index (κ1) is 10.5. The van der Waals surface area contributed by atoms with Gasteiger partial charge in [0, 0.05) is 6.04 Å². The molecule has 1 aromatic heterocycles. The smallest absolute Gasteiger partial charge is 0.311 e. The van der Waals surface area contributed by atoms with Gasteiger partial charge in [0.15, 0.2) is 5.15 Å². The van der Waals surface area contributed by atoms with Crippen LogP contribution in [0.25, 0.3) is 0 Å². The van der Waals surface area contributed by atoms with Gasteiger partial charge in [0.2, 0.25) is 0 Å². The fourth-order valence-corrected chi connectivity index (χ4v) is 2.47. The lowest BCUT2D eigenvalue weighted by molar-refractivity contribution is -0.136. The van der Waals surface area contributed by atoms with Gasteiger partial charge < -0.3 is 9.67 Å². The number of rotatable bonds is 2. The van der Waals surface area contributed by atoms with Crippen LogP contribution in [0, 0.1) is 0 Å². The molecule has 0 spiro atoms. The Hall–Kier alpha value is -1.03. The lowest BCUT2D eigenvalue weighted by atomic mass is 10.0. The summed E-state index contributed by atoms with van der Waals surface area (Å²) in [6, 6.07) is 0.308. The monoisotopic (exact) mass is 228 g/mol.